The number of hydrogen-bond donors (Lipinski definition) is 2. The van der Waals surface area contributed by atoms with Crippen LogP contribution in [0.2, 0.25) is 0 Å². The van der Waals surface area contributed by atoms with E-state index in [4.69, 9.17) is 15.2 Å². The lowest BCUT2D eigenvalue weighted by atomic mass is 10.0. The molecule has 1 amide bonds. The van der Waals surface area contributed by atoms with Crippen LogP contribution in [0.3, 0.4) is 0 Å². The summed E-state index contributed by atoms with van der Waals surface area (Å²) in [4.78, 5) is 33.3. The number of methoxy groups -OCH3 is 2. The average molecular weight is 346 g/mol. The number of likely N-dealkylation sites (tertiary alicyclic amines) is 1. The predicted octanol–water partition coefficient (Wildman–Crippen LogP) is 0.780. The molecule has 0 aliphatic carbocycles. The first-order valence-corrected chi connectivity index (χ1v) is 8.21. The van der Waals surface area contributed by atoms with Gasteiger partial charge in [0.1, 0.15) is 5.82 Å². The summed E-state index contributed by atoms with van der Waals surface area (Å²) in [5.74, 6) is 1.14. The number of benzene rings is 1. The second-order valence-electron chi connectivity index (χ2n) is 6.12. The van der Waals surface area contributed by atoms with Crippen molar-refractivity contribution in [3.8, 4) is 11.5 Å². The van der Waals surface area contributed by atoms with Crippen molar-refractivity contribution < 1.29 is 14.3 Å². The number of rotatable bonds is 5. The van der Waals surface area contributed by atoms with E-state index in [1.165, 1.54) is 14.2 Å². The number of H-pyrrole nitrogens is 1. The topological polar surface area (TPSA) is 111 Å². The molecule has 25 heavy (non-hydrogen) atoms. The molecule has 1 fully saturated rings. The number of hydrogen-bond acceptors (Lipinski definition) is 6. The molecule has 134 valence electrons. The molecule has 0 unspecified atom stereocenters. The summed E-state index contributed by atoms with van der Waals surface area (Å²) in [7, 11) is 3.04. The first-order chi connectivity index (χ1) is 12.0. The number of ether oxygens (including phenoxy) is 2. The second-order valence-corrected chi connectivity index (χ2v) is 6.12. The second kappa shape index (κ2) is 7.10. The summed E-state index contributed by atoms with van der Waals surface area (Å²) < 4.78 is 10.5. The Morgan fingerprint density at radius 3 is 2.72 bits per heavy atom. The molecule has 0 saturated carbocycles. The zero-order chi connectivity index (χ0) is 18.0. The summed E-state index contributed by atoms with van der Waals surface area (Å²) in [6.07, 6.45) is 2.70. The minimum Gasteiger partial charge on any atom is -0.493 e. The van der Waals surface area contributed by atoms with Crippen LogP contribution in [-0.4, -0.2) is 47.6 Å². The smallest absolute Gasteiger partial charge is 0.258 e. The van der Waals surface area contributed by atoms with Gasteiger partial charge in [-0.15, -0.1) is 0 Å². The van der Waals surface area contributed by atoms with Crippen LogP contribution in [0.5, 0.6) is 11.5 Å². The fraction of sp³-hybridized carbons (Fsp3) is 0.471. The highest BCUT2D eigenvalue weighted by Crippen LogP contribution is 2.30. The lowest BCUT2D eigenvalue weighted by Gasteiger charge is -2.33. The van der Waals surface area contributed by atoms with Crippen molar-refractivity contribution >= 4 is 16.8 Å². The Labute approximate surface area is 144 Å². The summed E-state index contributed by atoms with van der Waals surface area (Å²) in [5.41, 5.74) is 5.76. The van der Waals surface area contributed by atoms with Gasteiger partial charge in [-0.25, -0.2) is 4.98 Å². The molecule has 3 N–H and O–H groups in total. The number of aromatic amines is 1. The van der Waals surface area contributed by atoms with E-state index >= 15 is 0 Å². The minimum atomic E-state index is -0.339. The van der Waals surface area contributed by atoms with Crippen LogP contribution in [0.15, 0.2) is 16.9 Å². The van der Waals surface area contributed by atoms with E-state index < -0.39 is 0 Å². The number of primary amides is 1. The van der Waals surface area contributed by atoms with Crippen LogP contribution in [0, 0.1) is 0 Å². The third kappa shape index (κ3) is 3.43. The van der Waals surface area contributed by atoms with Crippen molar-refractivity contribution in [1.29, 1.82) is 0 Å². The van der Waals surface area contributed by atoms with Gasteiger partial charge in [-0.05, 0) is 25.5 Å². The Morgan fingerprint density at radius 1 is 1.32 bits per heavy atom. The van der Waals surface area contributed by atoms with Crippen LogP contribution in [0.4, 0.5) is 0 Å². The number of aromatic nitrogens is 2. The highest BCUT2D eigenvalue weighted by molar-refractivity contribution is 5.82. The predicted molar refractivity (Wildman–Crippen MR) is 92.7 cm³/mol. The lowest BCUT2D eigenvalue weighted by Crippen LogP contribution is -2.47. The van der Waals surface area contributed by atoms with Crippen LogP contribution in [0.25, 0.3) is 10.9 Å². The molecule has 2 heterocycles. The van der Waals surface area contributed by atoms with Gasteiger partial charge in [0.15, 0.2) is 11.5 Å². The number of nitrogens with two attached hydrogens (primary N) is 1. The number of nitrogens with one attached hydrogen (secondary N) is 1. The van der Waals surface area contributed by atoms with E-state index in [-0.39, 0.29) is 17.5 Å². The van der Waals surface area contributed by atoms with E-state index in [0.29, 0.717) is 34.8 Å². The van der Waals surface area contributed by atoms with Crippen LogP contribution in [-0.2, 0) is 11.3 Å². The quantitative estimate of drug-likeness (QED) is 0.828. The number of amides is 1. The number of piperidine rings is 1. The molecule has 1 aromatic heterocycles. The molecule has 0 spiro atoms. The van der Waals surface area contributed by atoms with Gasteiger partial charge >= 0.3 is 0 Å². The van der Waals surface area contributed by atoms with Gasteiger partial charge in [0.25, 0.3) is 5.56 Å². The van der Waals surface area contributed by atoms with Crippen molar-refractivity contribution in [2.75, 3.05) is 20.8 Å². The number of carbonyl (C=O) groups is 1. The Morgan fingerprint density at radius 2 is 2.04 bits per heavy atom. The van der Waals surface area contributed by atoms with E-state index in [1.54, 1.807) is 12.1 Å². The van der Waals surface area contributed by atoms with Gasteiger partial charge in [0.2, 0.25) is 5.91 Å². The maximum absolute atomic E-state index is 12.4. The van der Waals surface area contributed by atoms with E-state index in [1.807, 2.05) is 4.90 Å². The third-order valence-corrected chi connectivity index (χ3v) is 4.55. The Balaban J connectivity index is 1.97. The fourth-order valence-electron chi connectivity index (χ4n) is 3.28. The monoisotopic (exact) mass is 346 g/mol. The standard InChI is InChI=1S/C17H22N4O4/c1-24-13-7-10-11(8-14(13)25-2)19-15(20-17(10)23)9-21-6-4-3-5-12(21)16(18)22/h7-8,12H,3-6,9H2,1-2H3,(H2,18,22)(H,19,20,23)/t12-/m1/s1. The molecule has 2 aromatic rings. The minimum absolute atomic E-state index is 0.256. The number of carbonyl (C=O) groups excluding carboxylic acids is 1. The normalized spacial score (nSPS) is 18.2. The molecule has 3 rings (SSSR count). The van der Waals surface area contributed by atoms with Crippen molar-refractivity contribution in [3.63, 3.8) is 0 Å². The highest BCUT2D eigenvalue weighted by atomic mass is 16.5. The maximum atomic E-state index is 12.4. The van der Waals surface area contributed by atoms with Gasteiger partial charge in [-0.3, -0.25) is 14.5 Å². The van der Waals surface area contributed by atoms with E-state index in [9.17, 15) is 9.59 Å². The molecule has 0 bridgehead atoms. The first-order valence-electron chi connectivity index (χ1n) is 8.21. The number of nitrogens with zero attached hydrogens (tertiary/aromatic N) is 2. The Bertz CT molecular complexity index is 848. The maximum Gasteiger partial charge on any atom is 0.258 e. The zero-order valence-corrected chi connectivity index (χ0v) is 14.4. The molecule has 0 radical (unpaired) electrons. The summed E-state index contributed by atoms with van der Waals surface area (Å²) in [6, 6.07) is 2.96. The van der Waals surface area contributed by atoms with E-state index in [0.717, 1.165) is 25.8 Å². The van der Waals surface area contributed by atoms with Gasteiger partial charge in [0, 0.05) is 6.07 Å². The van der Waals surface area contributed by atoms with Crippen molar-refractivity contribution in [3.05, 3.63) is 28.3 Å². The van der Waals surface area contributed by atoms with Gasteiger partial charge in [-0.2, -0.15) is 0 Å². The Hall–Kier alpha value is -2.61. The zero-order valence-electron chi connectivity index (χ0n) is 14.4. The van der Waals surface area contributed by atoms with Crippen molar-refractivity contribution in [1.82, 2.24) is 14.9 Å². The van der Waals surface area contributed by atoms with Crippen LogP contribution < -0.4 is 20.8 Å². The SMILES string of the molecule is COc1cc2nc(CN3CCCC[C@@H]3C(N)=O)[nH]c(=O)c2cc1OC. The molecular weight excluding hydrogens is 324 g/mol. The van der Waals surface area contributed by atoms with Crippen LogP contribution >= 0.6 is 0 Å². The number of fused-ring (bicyclic) bond motifs is 1. The van der Waals surface area contributed by atoms with Crippen molar-refractivity contribution in [2.24, 2.45) is 5.73 Å². The summed E-state index contributed by atoms with van der Waals surface area (Å²) >= 11 is 0. The molecule has 1 aliphatic rings. The van der Waals surface area contributed by atoms with Gasteiger partial charge in [-0.1, -0.05) is 6.42 Å². The molecule has 1 aliphatic heterocycles. The van der Waals surface area contributed by atoms with Crippen molar-refractivity contribution in [2.45, 2.75) is 31.8 Å². The summed E-state index contributed by atoms with van der Waals surface area (Å²) in [5, 5.41) is 0.423. The largest absolute Gasteiger partial charge is 0.493 e. The molecule has 8 nitrogen and oxygen atoms in total. The highest BCUT2D eigenvalue weighted by Gasteiger charge is 2.27. The van der Waals surface area contributed by atoms with Gasteiger partial charge < -0.3 is 20.2 Å². The molecule has 1 atom stereocenters. The average Bonchev–Trinajstić information content (AvgIpc) is 2.61. The first kappa shape index (κ1) is 17.2. The molecule has 1 saturated heterocycles. The lowest BCUT2D eigenvalue weighted by molar-refractivity contribution is -0.124. The van der Waals surface area contributed by atoms with Gasteiger partial charge in [0.05, 0.1) is 37.7 Å². The molecule has 1 aromatic carbocycles. The van der Waals surface area contributed by atoms with Crippen LogP contribution in [0.1, 0.15) is 25.1 Å². The Kier molecular flexibility index (Phi) is 4.89. The summed E-state index contributed by atoms with van der Waals surface area (Å²) in [6.45, 7) is 1.12. The molecular formula is C17H22N4O4. The third-order valence-electron chi connectivity index (χ3n) is 4.55. The molecule has 8 heteroatoms. The van der Waals surface area contributed by atoms with E-state index in [2.05, 4.69) is 9.97 Å². The fourth-order valence-corrected chi connectivity index (χ4v) is 3.28.